The van der Waals surface area contributed by atoms with Crippen LogP contribution in [0.3, 0.4) is 0 Å². The van der Waals surface area contributed by atoms with Crippen LogP contribution in [-0.2, 0) is 11.0 Å². The first kappa shape index (κ1) is 19.8. The Balaban J connectivity index is 1.80. The van der Waals surface area contributed by atoms with E-state index in [0.29, 0.717) is 28.7 Å². The van der Waals surface area contributed by atoms with Crippen molar-refractivity contribution in [3.8, 4) is 17.2 Å². The zero-order valence-electron chi connectivity index (χ0n) is 16.2. The molecule has 0 saturated heterocycles. The maximum absolute atomic E-state index is 12.9. The lowest BCUT2D eigenvalue weighted by Crippen LogP contribution is -2.25. The normalized spacial score (nSPS) is 16.0. The van der Waals surface area contributed by atoms with E-state index >= 15 is 0 Å². The van der Waals surface area contributed by atoms with Crippen LogP contribution in [0.1, 0.15) is 29.2 Å². The largest absolute Gasteiger partial charge is 0.493 e. The van der Waals surface area contributed by atoms with Crippen LogP contribution in [0, 0.1) is 0 Å². The van der Waals surface area contributed by atoms with Crippen molar-refractivity contribution in [1.29, 1.82) is 0 Å². The molecule has 1 N–H and O–H groups in total. The molecule has 30 heavy (non-hydrogen) atoms. The molecule has 1 atom stereocenters. The summed E-state index contributed by atoms with van der Waals surface area (Å²) in [5.74, 6) is 0.894. The number of hydrogen-bond donors (Lipinski definition) is 1. The predicted octanol–water partition coefficient (Wildman–Crippen LogP) is 4.38. The minimum atomic E-state index is -4.41. The molecule has 156 valence electrons. The highest BCUT2D eigenvalue weighted by Gasteiger charge is 2.33. The molecule has 0 unspecified atom stereocenters. The molecule has 0 radical (unpaired) electrons. The molecule has 2 aromatic carbocycles. The molecule has 0 aliphatic carbocycles. The molecule has 1 aliphatic rings. The number of amides is 1. The molecular weight excluding hydrogens is 399 g/mol. The van der Waals surface area contributed by atoms with E-state index in [-0.39, 0.29) is 18.2 Å². The lowest BCUT2D eigenvalue weighted by molar-refractivity contribution is -0.137. The lowest BCUT2D eigenvalue weighted by atomic mass is 9.89. The van der Waals surface area contributed by atoms with Gasteiger partial charge in [-0.15, -0.1) is 0 Å². The molecule has 0 saturated carbocycles. The molecule has 0 spiro atoms. The van der Waals surface area contributed by atoms with Gasteiger partial charge in [-0.05, 0) is 42.0 Å². The van der Waals surface area contributed by atoms with Crippen molar-refractivity contribution >= 4 is 11.7 Å². The standard InChI is InChI=1S/C21H18F3N3O3/c1-29-16-8-3-12(9-17(16)30-2)15-10-18(28)26-20-19(15)27(11-25-20)14-6-4-13(5-7-14)21(22,23)24/h3-9,11,15H,10H2,1-2H3,(H,26,28)/t15-/m1/s1. The average molecular weight is 417 g/mol. The van der Waals surface area contributed by atoms with E-state index in [1.807, 2.05) is 6.07 Å². The third-order valence-electron chi connectivity index (χ3n) is 5.06. The van der Waals surface area contributed by atoms with E-state index in [2.05, 4.69) is 10.3 Å². The van der Waals surface area contributed by atoms with Gasteiger partial charge in [-0.25, -0.2) is 4.98 Å². The summed E-state index contributed by atoms with van der Waals surface area (Å²) in [6.45, 7) is 0. The number of fused-ring (bicyclic) bond motifs is 1. The second-order valence-electron chi connectivity index (χ2n) is 6.81. The number of ether oxygens (including phenoxy) is 2. The van der Waals surface area contributed by atoms with Crippen LogP contribution in [-0.4, -0.2) is 29.7 Å². The molecule has 0 bridgehead atoms. The number of aromatic nitrogens is 2. The van der Waals surface area contributed by atoms with Crippen molar-refractivity contribution in [2.45, 2.75) is 18.5 Å². The quantitative estimate of drug-likeness (QED) is 0.684. The minimum absolute atomic E-state index is 0.162. The van der Waals surface area contributed by atoms with Crippen molar-refractivity contribution in [3.05, 3.63) is 65.6 Å². The summed E-state index contributed by atoms with van der Waals surface area (Å²) in [4.78, 5) is 16.5. The Morgan fingerprint density at radius 2 is 1.77 bits per heavy atom. The minimum Gasteiger partial charge on any atom is -0.493 e. The summed E-state index contributed by atoms with van der Waals surface area (Å²) in [5, 5.41) is 2.73. The summed E-state index contributed by atoms with van der Waals surface area (Å²) >= 11 is 0. The van der Waals surface area contributed by atoms with Gasteiger partial charge in [-0.1, -0.05) is 6.07 Å². The Morgan fingerprint density at radius 3 is 2.40 bits per heavy atom. The second-order valence-corrected chi connectivity index (χ2v) is 6.81. The Morgan fingerprint density at radius 1 is 1.07 bits per heavy atom. The van der Waals surface area contributed by atoms with Gasteiger partial charge in [0.1, 0.15) is 6.33 Å². The fourth-order valence-corrected chi connectivity index (χ4v) is 3.61. The van der Waals surface area contributed by atoms with Crippen LogP contribution in [0.15, 0.2) is 48.8 Å². The number of anilines is 1. The van der Waals surface area contributed by atoms with Crippen molar-refractivity contribution in [2.24, 2.45) is 0 Å². The number of methoxy groups -OCH3 is 2. The van der Waals surface area contributed by atoms with E-state index in [4.69, 9.17) is 9.47 Å². The van der Waals surface area contributed by atoms with Crippen LogP contribution in [0.2, 0.25) is 0 Å². The van der Waals surface area contributed by atoms with Gasteiger partial charge in [0.15, 0.2) is 17.3 Å². The zero-order chi connectivity index (χ0) is 21.5. The number of carbonyl (C=O) groups excluding carboxylic acids is 1. The van der Waals surface area contributed by atoms with E-state index in [9.17, 15) is 18.0 Å². The van der Waals surface area contributed by atoms with Gasteiger partial charge in [0.05, 0.1) is 25.5 Å². The van der Waals surface area contributed by atoms with Crippen molar-refractivity contribution < 1.29 is 27.4 Å². The van der Waals surface area contributed by atoms with Gasteiger partial charge < -0.3 is 19.4 Å². The third kappa shape index (κ3) is 3.47. The Hall–Kier alpha value is -3.49. The molecule has 2 heterocycles. The van der Waals surface area contributed by atoms with E-state index in [1.54, 1.807) is 16.7 Å². The van der Waals surface area contributed by atoms with Crippen LogP contribution in [0.25, 0.3) is 5.69 Å². The first-order valence-corrected chi connectivity index (χ1v) is 9.08. The highest BCUT2D eigenvalue weighted by atomic mass is 19.4. The van der Waals surface area contributed by atoms with Crippen molar-refractivity contribution in [1.82, 2.24) is 9.55 Å². The van der Waals surface area contributed by atoms with Crippen LogP contribution in [0.5, 0.6) is 11.5 Å². The third-order valence-corrected chi connectivity index (χ3v) is 5.06. The summed E-state index contributed by atoms with van der Waals surface area (Å²) in [5.41, 5.74) is 1.27. The smallest absolute Gasteiger partial charge is 0.416 e. The van der Waals surface area contributed by atoms with Gasteiger partial charge in [0.25, 0.3) is 0 Å². The van der Waals surface area contributed by atoms with Gasteiger partial charge in [-0.2, -0.15) is 13.2 Å². The molecule has 1 aromatic heterocycles. The van der Waals surface area contributed by atoms with E-state index < -0.39 is 11.7 Å². The highest BCUT2D eigenvalue weighted by molar-refractivity contribution is 5.94. The Labute approximate surface area is 170 Å². The summed E-state index contributed by atoms with van der Waals surface area (Å²) < 4.78 is 51.1. The molecule has 9 heteroatoms. The monoisotopic (exact) mass is 417 g/mol. The number of carbonyl (C=O) groups is 1. The van der Waals surface area contributed by atoms with Crippen LogP contribution in [0.4, 0.5) is 19.0 Å². The van der Waals surface area contributed by atoms with E-state index in [0.717, 1.165) is 17.7 Å². The summed E-state index contributed by atoms with van der Waals surface area (Å²) in [7, 11) is 3.05. The molecule has 0 fully saturated rings. The molecule has 3 aromatic rings. The van der Waals surface area contributed by atoms with Gasteiger partial charge >= 0.3 is 6.18 Å². The topological polar surface area (TPSA) is 65.4 Å². The average Bonchev–Trinajstić information content (AvgIpc) is 3.15. The molecular formula is C21H18F3N3O3. The Bertz CT molecular complexity index is 1090. The predicted molar refractivity (Wildman–Crippen MR) is 103 cm³/mol. The highest BCUT2D eigenvalue weighted by Crippen LogP contribution is 2.41. The van der Waals surface area contributed by atoms with E-state index in [1.165, 1.54) is 32.7 Å². The maximum atomic E-state index is 12.9. The number of halogens is 3. The zero-order valence-corrected chi connectivity index (χ0v) is 16.2. The lowest BCUT2D eigenvalue weighted by Gasteiger charge is -2.25. The fraction of sp³-hybridized carbons (Fsp3) is 0.238. The number of rotatable bonds is 4. The number of nitrogens with one attached hydrogen (secondary N) is 1. The van der Waals surface area contributed by atoms with Gasteiger partial charge in [0, 0.05) is 18.0 Å². The van der Waals surface area contributed by atoms with Gasteiger partial charge in [-0.3, -0.25) is 4.79 Å². The number of benzene rings is 2. The number of nitrogens with zero attached hydrogens (tertiary/aromatic N) is 2. The molecule has 1 amide bonds. The Kier molecular flexibility index (Phi) is 4.89. The number of hydrogen-bond acceptors (Lipinski definition) is 4. The first-order valence-electron chi connectivity index (χ1n) is 9.08. The van der Waals surface area contributed by atoms with Gasteiger partial charge in [0.2, 0.25) is 5.91 Å². The maximum Gasteiger partial charge on any atom is 0.416 e. The SMILES string of the molecule is COc1ccc([C@H]2CC(=O)Nc3ncn(-c4ccc(C(F)(F)F)cc4)c32)cc1OC. The summed E-state index contributed by atoms with van der Waals surface area (Å²) in [6.07, 6.45) is -2.76. The van der Waals surface area contributed by atoms with Crippen LogP contribution < -0.4 is 14.8 Å². The summed E-state index contributed by atoms with van der Waals surface area (Å²) in [6, 6.07) is 10.2. The second kappa shape index (κ2) is 7.40. The van der Waals surface area contributed by atoms with Crippen molar-refractivity contribution in [3.63, 3.8) is 0 Å². The molecule has 6 nitrogen and oxygen atoms in total. The van der Waals surface area contributed by atoms with Crippen molar-refractivity contribution in [2.75, 3.05) is 19.5 Å². The molecule has 4 rings (SSSR count). The fourth-order valence-electron chi connectivity index (χ4n) is 3.61. The molecule has 1 aliphatic heterocycles. The number of alkyl halides is 3. The first-order chi connectivity index (χ1) is 14.3. The number of imidazole rings is 1. The van der Waals surface area contributed by atoms with Crippen LogP contribution >= 0.6 is 0 Å².